The van der Waals surface area contributed by atoms with Gasteiger partial charge in [-0.3, -0.25) is 0 Å². The molecule has 0 fully saturated rings. The molecule has 2 aromatic carbocycles. The highest BCUT2D eigenvalue weighted by atomic mass is 16.5. The first kappa shape index (κ1) is 14.4. The van der Waals surface area contributed by atoms with Crippen LogP contribution in [0.25, 0.3) is 0 Å². The average molecular weight is 271 g/mol. The zero-order valence-corrected chi connectivity index (χ0v) is 12.0. The van der Waals surface area contributed by atoms with Crippen LogP contribution in [0.4, 0.5) is 5.69 Å². The maximum absolute atomic E-state index is 9.28. The third kappa shape index (κ3) is 4.00. The van der Waals surface area contributed by atoms with Gasteiger partial charge in [-0.15, -0.1) is 0 Å². The molecular formula is C17H21NO2. The number of aliphatic hydroxyl groups excluding tert-OH is 1. The summed E-state index contributed by atoms with van der Waals surface area (Å²) in [7, 11) is 0. The molecule has 0 aliphatic heterocycles. The number of para-hydroxylation sites is 1. The Kier molecular flexibility index (Phi) is 5.02. The molecule has 2 N–H and O–H groups in total. The van der Waals surface area contributed by atoms with Crippen LogP contribution in [-0.4, -0.2) is 11.2 Å². The fourth-order valence-electron chi connectivity index (χ4n) is 1.99. The molecule has 0 bridgehead atoms. The van der Waals surface area contributed by atoms with Crippen molar-refractivity contribution in [3.63, 3.8) is 0 Å². The first-order valence-electron chi connectivity index (χ1n) is 6.87. The van der Waals surface area contributed by atoms with Crippen LogP contribution < -0.4 is 10.1 Å². The van der Waals surface area contributed by atoms with Crippen LogP contribution in [0.3, 0.4) is 0 Å². The smallest absolute Gasteiger partial charge is 0.119 e. The van der Waals surface area contributed by atoms with Crippen LogP contribution in [-0.2, 0) is 13.2 Å². The molecule has 2 rings (SSSR count). The highest BCUT2D eigenvalue weighted by Gasteiger charge is 2.01. The summed E-state index contributed by atoms with van der Waals surface area (Å²) in [6.07, 6.45) is 0.190. The number of hydrogen-bond acceptors (Lipinski definition) is 3. The van der Waals surface area contributed by atoms with E-state index in [1.165, 1.54) is 5.56 Å². The van der Waals surface area contributed by atoms with Crippen LogP contribution >= 0.6 is 0 Å². The Morgan fingerprint density at radius 2 is 1.75 bits per heavy atom. The molecule has 3 heteroatoms. The Morgan fingerprint density at radius 3 is 2.40 bits per heavy atom. The standard InChI is InChI=1S/C17H21NO2/c1-13(2)20-16-9-7-14(8-10-16)11-18-17-6-4-3-5-15(17)12-19/h3-10,13,18-19H,11-12H2,1-2H3. The first-order valence-corrected chi connectivity index (χ1v) is 6.87. The summed E-state index contributed by atoms with van der Waals surface area (Å²) in [5.41, 5.74) is 3.05. The summed E-state index contributed by atoms with van der Waals surface area (Å²) in [5.74, 6) is 0.888. The van der Waals surface area contributed by atoms with Gasteiger partial charge in [0, 0.05) is 17.8 Å². The van der Waals surface area contributed by atoms with Gasteiger partial charge in [-0.05, 0) is 37.6 Å². The number of anilines is 1. The highest BCUT2D eigenvalue weighted by molar-refractivity contribution is 5.51. The molecule has 0 spiro atoms. The molecule has 0 saturated carbocycles. The van der Waals surface area contributed by atoms with Crippen molar-refractivity contribution in [1.29, 1.82) is 0 Å². The quantitative estimate of drug-likeness (QED) is 0.843. The lowest BCUT2D eigenvalue weighted by Crippen LogP contribution is -2.06. The van der Waals surface area contributed by atoms with E-state index in [1.54, 1.807) is 0 Å². The predicted molar refractivity (Wildman–Crippen MR) is 81.9 cm³/mol. The SMILES string of the molecule is CC(C)Oc1ccc(CNc2ccccc2CO)cc1. The van der Waals surface area contributed by atoms with E-state index in [9.17, 15) is 5.11 Å². The van der Waals surface area contributed by atoms with Crippen molar-refractivity contribution in [2.75, 3.05) is 5.32 Å². The average Bonchev–Trinajstić information content (AvgIpc) is 2.46. The minimum Gasteiger partial charge on any atom is -0.491 e. The van der Waals surface area contributed by atoms with E-state index in [-0.39, 0.29) is 12.7 Å². The number of nitrogens with one attached hydrogen (secondary N) is 1. The minimum absolute atomic E-state index is 0.0460. The number of aliphatic hydroxyl groups is 1. The van der Waals surface area contributed by atoms with E-state index >= 15 is 0 Å². The lowest BCUT2D eigenvalue weighted by molar-refractivity contribution is 0.242. The largest absolute Gasteiger partial charge is 0.491 e. The van der Waals surface area contributed by atoms with Crippen molar-refractivity contribution < 1.29 is 9.84 Å². The first-order chi connectivity index (χ1) is 9.69. The second-order valence-electron chi connectivity index (χ2n) is 4.98. The lowest BCUT2D eigenvalue weighted by atomic mass is 10.1. The number of rotatable bonds is 6. The number of benzene rings is 2. The van der Waals surface area contributed by atoms with E-state index in [0.717, 1.165) is 23.5 Å². The van der Waals surface area contributed by atoms with Crippen LogP contribution in [0.1, 0.15) is 25.0 Å². The molecule has 106 valence electrons. The molecule has 2 aromatic rings. The Labute approximate surface area is 120 Å². The van der Waals surface area contributed by atoms with Gasteiger partial charge < -0.3 is 15.2 Å². The van der Waals surface area contributed by atoms with Gasteiger partial charge in [-0.1, -0.05) is 30.3 Å². The third-order valence-corrected chi connectivity index (χ3v) is 2.97. The van der Waals surface area contributed by atoms with Crippen LogP contribution in [0.2, 0.25) is 0 Å². The van der Waals surface area contributed by atoms with Gasteiger partial charge >= 0.3 is 0 Å². The second-order valence-corrected chi connectivity index (χ2v) is 4.98. The summed E-state index contributed by atoms with van der Waals surface area (Å²) >= 11 is 0. The van der Waals surface area contributed by atoms with E-state index in [2.05, 4.69) is 5.32 Å². The van der Waals surface area contributed by atoms with Gasteiger partial charge in [0.25, 0.3) is 0 Å². The Balaban J connectivity index is 1.97. The molecule has 0 unspecified atom stereocenters. The topological polar surface area (TPSA) is 41.5 Å². The summed E-state index contributed by atoms with van der Waals surface area (Å²) in [6.45, 7) is 4.80. The Hall–Kier alpha value is -2.00. The Bertz CT molecular complexity index is 535. The molecule has 20 heavy (non-hydrogen) atoms. The molecule has 0 amide bonds. The van der Waals surface area contributed by atoms with E-state index in [0.29, 0.717) is 0 Å². The fourth-order valence-corrected chi connectivity index (χ4v) is 1.99. The van der Waals surface area contributed by atoms with Gasteiger partial charge in [0.15, 0.2) is 0 Å². The Morgan fingerprint density at radius 1 is 1.05 bits per heavy atom. The van der Waals surface area contributed by atoms with Gasteiger partial charge in [0.2, 0.25) is 0 Å². The summed E-state index contributed by atoms with van der Waals surface area (Å²) < 4.78 is 5.61. The maximum atomic E-state index is 9.28. The van der Waals surface area contributed by atoms with Crippen molar-refractivity contribution in [3.8, 4) is 5.75 Å². The van der Waals surface area contributed by atoms with Crippen molar-refractivity contribution in [2.45, 2.75) is 33.1 Å². The van der Waals surface area contributed by atoms with Crippen LogP contribution in [0.15, 0.2) is 48.5 Å². The molecule has 3 nitrogen and oxygen atoms in total. The van der Waals surface area contributed by atoms with Crippen molar-refractivity contribution in [3.05, 3.63) is 59.7 Å². The predicted octanol–water partition coefficient (Wildman–Crippen LogP) is 3.58. The van der Waals surface area contributed by atoms with Gasteiger partial charge in [0.05, 0.1) is 12.7 Å². The van der Waals surface area contributed by atoms with Crippen molar-refractivity contribution in [2.24, 2.45) is 0 Å². The van der Waals surface area contributed by atoms with Gasteiger partial charge in [-0.2, -0.15) is 0 Å². The minimum atomic E-state index is 0.0460. The summed E-state index contributed by atoms with van der Waals surface area (Å²) in [4.78, 5) is 0. The van der Waals surface area contributed by atoms with Gasteiger partial charge in [-0.25, -0.2) is 0 Å². The highest BCUT2D eigenvalue weighted by Crippen LogP contribution is 2.18. The molecule has 0 aliphatic rings. The molecule has 0 atom stereocenters. The molecule has 0 aromatic heterocycles. The fraction of sp³-hybridized carbons (Fsp3) is 0.294. The number of ether oxygens (including phenoxy) is 1. The monoisotopic (exact) mass is 271 g/mol. The zero-order valence-electron chi connectivity index (χ0n) is 12.0. The normalized spacial score (nSPS) is 10.6. The molecular weight excluding hydrogens is 250 g/mol. The van der Waals surface area contributed by atoms with E-state index in [1.807, 2.05) is 62.4 Å². The zero-order chi connectivity index (χ0) is 14.4. The molecule has 0 radical (unpaired) electrons. The summed E-state index contributed by atoms with van der Waals surface area (Å²) in [5, 5.41) is 12.6. The molecule has 0 saturated heterocycles. The van der Waals surface area contributed by atoms with E-state index in [4.69, 9.17) is 4.74 Å². The van der Waals surface area contributed by atoms with E-state index < -0.39 is 0 Å². The molecule has 0 heterocycles. The lowest BCUT2D eigenvalue weighted by Gasteiger charge is -2.12. The maximum Gasteiger partial charge on any atom is 0.119 e. The van der Waals surface area contributed by atoms with Gasteiger partial charge in [0.1, 0.15) is 5.75 Å². The summed E-state index contributed by atoms with van der Waals surface area (Å²) in [6, 6.07) is 15.8. The number of hydrogen-bond donors (Lipinski definition) is 2. The van der Waals surface area contributed by atoms with Crippen molar-refractivity contribution >= 4 is 5.69 Å². The third-order valence-electron chi connectivity index (χ3n) is 2.97. The molecule has 0 aliphatic carbocycles. The second kappa shape index (κ2) is 6.96. The van der Waals surface area contributed by atoms with Crippen LogP contribution in [0, 0.1) is 0 Å². The van der Waals surface area contributed by atoms with Crippen molar-refractivity contribution in [1.82, 2.24) is 0 Å². The van der Waals surface area contributed by atoms with Crippen LogP contribution in [0.5, 0.6) is 5.75 Å².